The molecule has 17 heteroatoms. The van der Waals surface area contributed by atoms with Crippen molar-refractivity contribution < 1.29 is 43.8 Å². The number of aliphatic hydroxyl groups excluding tert-OH is 1. The van der Waals surface area contributed by atoms with E-state index in [0.717, 1.165) is 0 Å². The molecule has 35 heavy (non-hydrogen) atoms. The van der Waals surface area contributed by atoms with Gasteiger partial charge >= 0.3 is 5.97 Å². The molecule has 1 aliphatic heterocycles. The van der Waals surface area contributed by atoms with E-state index in [1.54, 1.807) is 0 Å². The van der Waals surface area contributed by atoms with Gasteiger partial charge in [-0.3, -0.25) is 33.6 Å². The van der Waals surface area contributed by atoms with E-state index in [1.807, 2.05) is 0 Å². The van der Waals surface area contributed by atoms with Crippen LogP contribution in [0.3, 0.4) is 0 Å². The molecule has 0 spiro atoms. The van der Waals surface area contributed by atoms with E-state index >= 15 is 0 Å². The molecular formula is C18H29N7O9S. The average molecular weight is 520 g/mol. The molecule has 0 bridgehead atoms. The summed E-state index contributed by atoms with van der Waals surface area (Å²) in [6.07, 6.45) is -1.32. The van der Waals surface area contributed by atoms with E-state index < -0.39 is 96.3 Å². The zero-order valence-corrected chi connectivity index (χ0v) is 19.5. The lowest BCUT2D eigenvalue weighted by Crippen LogP contribution is -2.60. The number of hydrogen-bond acceptors (Lipinski definition) is 10. The quantitative estimate of drug-likeness (QED) is 0.159. The van der Waals surface area contributed by atoms with Crippen LogP contribution in [0, 0.1) is 0 Å². The smallest absolute Gasteiger partial charge is 0.318 e. The van der Waals surface area contributed by atoms with Crippen molar-refractivity contribution in [1.82, 2.24) is 21.3 Å². The van der Waals surface area contributed by atoms with Crippen molar-refractivity contribution in [2.45, 2.75) is 55.2 Å². The van der Waals surface area contributed by atoms with E-state index in [0.29, 0.717) is 11.8 Å². The second-order valence-electron chi connectivity index (χ2n) is 7.69. The minimum atomic E-state index is -1.59. The predicted molar refractivity (Wildman–Crippen MR) is 120 cm³/mol. The predicted octanol–water partition coefficient (Wildman–Crippen LogP) is -5.78. The number of amides is 6. The van der Waals surface area contributed by atoms with Crippen LogP contribution in [0.25, 0.3) is 0 Å². The van der Waals surface area contributed by atoms with Gasteiger partial charge < -0.3 is 48.7 Å². The van der Waals surface area contributed by atoms with Crippen LogP contribution in [0.2, 0.25) is 0 Å². The summed E-state index contributed by atoms with van der Waals surface area (Å²) in [5, 5.41) is 26.5. The summed E-state index contributed by atoms with van der Waals surface area (Å²) in [5.74, 6) is -7.60. The van der Waals surface area contributed by atoms with Gasteiger partial charge in [0.05, 0.1) is 25.1 Å². The van der Waals surface area contributed by atoms with Crippen molar-refractivity contribution in [3.05, 3.63) is 0 Å². The van der Waals surface area contributed by atoms with Gasteiger partial charge in [0.15, 0.2) is 0 Å². The van der Waals surface area contributed by atoms with Crippen LogP contribution in [0.15, 0.2) is 0 Å². The third-order valence-corrected chi connectivity index (χ3v) is 6.20. The normalized spacial score (nSPS) is 29.2. The molecule has 0 aromatic heterocycles. The van der Waals surface area contributed by atoms with Gasteiger partial charge in [0.2, 0.25) is 35.4 Å². The molecule has 0 saturated carbocycles. The number of thioether (sulfide) groups is 1. The molecule has 12 N–H and O–H groups in total. The molecular weight excluding hydrogens is 490 g/mol. The Kier molecular flexibility index (Phi) is 11.4. The van der Waals surface area contributed by atoms with Crippen molar-refractivity contribution >= 4 is 53.2 Å². The SMILES string of the molecule is C[C@@H]1NC(=O)C(CO)NC(=O)C(N)CSC(C(=O)O)C(CC(N)=O)NC(=O)[C@H](CC(N)=O)NC1=O. The average Bonchev–Trinajstić information content (AvgIpc) is 2.74. The first-order chi connectivity index (χ1) is 16.3. The second-order valence-corrected chi connectivity index (χ2v) is 8.86. The summed E-state index contributed by atoms with van der Waals surface area (Å²) in [6, 6.07) is -7.16. The number of carbonyl (C=O) groups excluding carboxylic acids is 6. The third-order valence-electron chi connectivity index (χ3n) is 4.76. The minimum absolute atomic E-state index is 0.328. The summed E-state index contributed by atoms with van der Waals surface area (Å²) in [5.41, 5.74) is 16.1. The fourth-order valence-corrected chi connectivity index (χ4v) is 4.04. The number of nitrogens with two attached hydrogens (primary N) is 3. The number of nitrogens with one attached hydrogen (secondary N) is 4. The van der Waals surface area contributed by atoms with Crippen LogP contribution >= 0.6 is 11.8 Å². The number of hydrogen-bond donors (Lipinski definition) is 9. The maximum atomic E-state index is 12.8. The number of aliphatic hydroxyl groups is 1. The van der Waals surface area contributed by atoms with Crippen LogP contribution in [0.1, 0.15) is 19.8 Å². The van der Waals surface area contributed by atoms with E-state index in [9.17, 15) is 43.8 Å². The monoisotopic (exact) mass is 519 g/mol. The Labute approximate surface area is 203 Å². The third kappa shape index (κ3) is 9.38. The Bertz CT molecular complexity index is 871. The lowest BCUT2D eigenvalue weighted by atomic mass is 10.1. The van der Waals surface area contributed by atoms with Crippen LogP contribution in [-0.4, -0.2) is 99.4 Å². The second kappa shape index (κ2) is 13.4. The standard InChI is InChI=1S/C18H29N7O9S/c1-6-14(29)24-9(3-12(21)28)16(31)23-8(2-11(20)27)13(18(33)34)35-5-7(19)15(30)25-10(4-26)17(32)22-6/h6-10,13,26H,2-5,19H2,1H3,(H2,20,27)(H2,21,28)(H,22,32)(H,23,31)(H,24,29)(H,25,30)(H,33,34)/t6-,7?,8?,9-,10?,13?/m0/s1. The van der Waals surface area contributed by atoms with E-state index in [1.165, 1.54) is 6.92 Å². The van der Waals surface area contributed by atoms with Gasteiger partial charge in [-0.1, -0.05) is 0 Å². The molecule has 1 fully saturated rings. The Balaban J connectivity index is 3.40. The number of carbonyl (C=O) groups is 7. The summed E-state index contributed by atoms with van der Waals surface area (Å²) in [7, 11) is 0. The first-order valence-electron chi connectivity index (χ1n) is 10.3. The van der Waals surface area contributed by atoms with Crippen LogP contribution in [-0.2, 0) is 33.6 Å². The van der Waals surface area contributed by atoms with Gasteiger partial charge in [0.1, 0.15) is 23.4 Å². The molecule has 1 saturated heterocycles. The van der Waals surface area contributed by atoms with Gasteiger partial charge in [0.25, 0.3) is 0 Å². The molecule has 0 aromatic rings. The van der Waals surface area contributed by atoms with Gasteiger partial charge in [-0.15, -0.1) is 11.8 Å². The maximum absolute atomic E-state index is 12.8. The van der Waals surface area contributed by atoms with E-state index in [-0.39, 0.29) is 5.75 Å². The Morgan fingerprint density at radius 1 is 0.886 bits per heavy atom. The van der Waals surface area contributed by atoms with Crippen LogP contribution < -0.4 is 38.5 Å². The summed E-state index contributed by atoms with van der Waals surface area (Å²) in [4.78, 5) is 85.0. The number of carboxylic acids is 1. The molecule has 4 unspecified atom stereocenters. The van der Waals surface area contributed by atoms with Crippen LogP contribution in [0.5, 0.6) is 0 Å². The summed E-state index contributed by atoms with van der Waals surface area (Å²) < 4.78 is 0. The lowest BCUT2D eigenvalue weighted by molar-refractivity contribution is -0.138. The fourth-order valence-electron chi connectivity index (χ4n) is 2.94. The maximum Gasteiger partial charge on any atom is 0.318 e. The molecule has 0 radical (unpaired) electrons. The van der Waals surface area contributed by atoms with E-state index in [2.05, 4.69) is 21.3 Å². The summed E-state index contributed by atoms with van der Waals surface area (Å²) >= 11 is 0.605. The molecule has 1 heterocycles. The Morgan fingerprint density at radius 3 is 1.94 bits per heavy atom. The summed E-state index contributed by atoms with van der Waals surface area (Å²) in [6.45, 7) is 0.376. The van der Waals surface area contributed by atoms with Crippen molar-refractivity contribution in [1.29, 1.82) is 0 Å². The zero-order chi connectivity index (χ0) is 26.9. The number of carboxylic acid groups (broad SMARTS) is 1. The fraction of sp³-hybridized carbons (Fsp3) is 0.611. The largest absolute Gasteiger partial charge is 0.480 e. The molecule has 0 aromatic carbocycles. The number of primary amides is 2. The molecule has 6 atom stereocenters. The highest BCUT2D eigenvalue weighted by Gasteiger charge is 2.36. The molecule has 0 aliphatic carbocycles. The topological polar surface area (TPSA) is 286 Å². The van der Waals surface area contributed by atoms with Gasteiger partial charge in [0, 0.05) is 12.2 Å². The van der Waals surface area contributed by atoms with Crippen molar-refractivity contribution in [2.75, 3.05) is 12.4 Å². The lowest BCUT2D eigenvalue weighted by Gasteiger charge is -2.28. The van der Waals surface area contributed by atoms with Gasteiger partial charge in [-0.2, -0.15) is 0 Å². The number of aliphatic carboxylic acids is 1. The van der Waals surface area contributed by atoms with Gasteiger partial charge in [-0.25, -0.2) is 0 Å². The van der Waals surface area contributed by atoms with Crippen molar-refractivity contribution in [3.63, 3.8) is 0 Å². The molecule has 1 rings (SSSR count). The van der Waals surface area contributed by atoms with Crippen molar-refractivity contribution in [3.8, 4) is 0 Å². The number of rotatable bonds is 6. The van der Waals surface area contributed by atoms with Gasteiger partial charge in [-0.05, 0) is 6.92 Å². The first-order valence-corrected chi connectivity index (χ1v) is 11.3. The zero-order valence-electron chi connectivity index (χ0n) is 18.7. The molecule has 1 aliphatic rings. The molecule has 16 nitrogen and oxygen atoms in total. The van der Waals surface area contributed by atoms with Crippen molar-refractivity contribution in [2.24, 2.45) is 17.2 Å². The highest BCUT2D eigenvalue weighted by molar-refractivity contribution is 8.00. The Hall–Kier alpha value is -3.44. The molecule has 196 valence electrons. The van der Waals surface area contributed by atoms with Crippen LogP contribution in [0.4, 0.5) is 0 Å². The van der Waals surface area contributed by atoms with E-state index in [4.69, 9.17) is 17.2 Å². The highest BCUT2D eigenvalue weighted by atomic mass is 32.2. The minimum Gasteiger partial charge on any atom is -0.480 e. The first kappa shape index (κ1) is 29.6. The molecule has 6 amide bonds. The highest BCUT2D eigenvalue weighted by Crippen LogP contribution is 2.19. The Morgan fingerprint density at radius 2 is 1.43 bits per heavy atom.